The minimum absolute atomic E-state index is 0.0458. The van der Waals surface area contributed by atoms with Gasteiger partial charge >= 0.3 is 0 Å². The molecule has 6 heteroatoms. The predicted octanol–water partition coefficient (Wildman–Crippen LogP) is 1.26. The molecule has 1 atom stereocenters. The first-order chi connectivity index (χ1) is 10.1. The Hall–Kier alpha value is -1.76. The zero-order valence-corrected chi connectivity index (χ0v) is 11.8. The van der Waals surface area contributed by atoms with Gasteiger partial charge in [-0.3, -0.25) is 14.4 Å². The van der Waals surface area contributed by atoms with E-state index in [1.807, 2.05) is 30.3 Å². The summed E-state index contributed by atoms with van der Waals surface area (Å²) in [6, 6.07) is 9.37. The van der Waals surface area contributed by atoms with Crippen LogP contribution in [0.4, 0.5) is 0 Å². The van der Waals surface area contributed by atoms with Crippen LogP contribution in [0.1, 0.15) is 18.9 Å². The van der Waals surface area contributed by atoms with Gasteiger partial charge in [-0.15, -0.1) is 0 Å². The first-order valence-corrected chi connectivity index (χ1v) is 6.92. The zero-order chi connectivity index (χ0) is 14.9. The number of ether oxygens (including phenoxy) is 2. The van der Waals surface area contributed by atoms with E-state index in [1.165, 1.54) is 0 Å². The standard InChI is InChI=1S/C15H17NO5/c1-15(19-7-8-20-15)12-9-13(17)16(14(12)18)21-10-11-5-3-2-4-6-11/h2-6,12H,7-10H2,1H3. The number of rotatable bonds is 4. The molecule has 0 bridgehead atoms. The van der Waals surface area contributed by atoms with Crippen LogP contribution in [0.15, 0.2) is 30.3 Å². The molecule has 0 aliphatic carbocycles. The Morgan fingerprint density at radius 3 is 2.57 bits per heavy atom. The van der Waals surface area contributed by atoms with E-state index in [0.29, 0.717) is 13.2 Å². The fourth-order valence-electron chi connectivity index (χ4n) is 2.60. The Balaban J connectivity index is 1.66. The van der Waals surface area contributed by atoms with Crippen LogP contribution in [0.3, 0.4) is 0 Å². The molecule has 2 aliphatic heterocycles. The van der Waals surface area contributed by atoms with Gasteiger partial charge in [-0.05, 0) is 12.5 Å². The Morgan fingerprint density at radius 2 is 1.90 bits per heavy atom. The van der Waals surface area contributed by atoms with Gasteiger partial charge in [0.15, 0.2) is 5.79 Å². The zero-order valence-electron chi connectivity index (χ0n) is 11.8. The molecule has 0 aromatic heterocycles. The van der Waals surface area contributed by atoms with Crippen molar-refractivity contribution in [2.24, 2.45) is 5.92 Å². The van der Waals surface area contributed by atoms with Crippen molar-refractivity contribution >= 4 is 11.8 Å². The second-order valence-electron chi connectivity index (χ2n) is 5.25. The molecule has 0 N–H and O–H groups in total. The molecule has 1 aromatic rings. The van der Waals surface area contributed by atoms with E-state index in [-0.39, 0.29) is 18.9 Å². The molecule has 1 unspecified atom stereocenters. The maximum atomic E-state index is 12.3. The molecule has 2 amide bonds. The van der Waals surface area contributed by atoms with Gasteiger partial charge < -0.3 is 9.47 Å². The minimum Gasteiger partial charge on any atom is -0.347 e. The fourth-order valence-corrected chi connectivity index (χ4v) is 2.60. The quantitative estimate of drug-likeness (QED) is 0.781. The lowest BCUT2D eigenvalue weighted by atomic mass is 9.98. The van der Waals surface area contributed by atoms with E-state index >= 15 is 0 Å². The number of carbonyl (C=O) groups is 2. The third-order valence-corrected chi connectivity index (χ3v) is 3.80. The first kappa shape index (κ1) is 14.2. The van der Waals surface area contributed by atoms with E-state index in [4.69, 9.17) is 14.3 Å². The third kappa shape index (κ3) is 2.70. The highest BCUT2D eigenvalue weighted by Crippen LogP contribution is 2.36. The van der Waals surface area contributed by atoms with Crippen molar-refractivity contribution in [1.82, 2.24) is 5.06 Å². The Morgan fingerprint density at radius 1 is 1.24 bits per heavy atom. The summed E-state index contributed by atoms with van der Waals surface area (Å²) >= 11 is 0. The van der Waals surface area contributed by atoms with Crippen LogP contribution in [0, 0.1) is 5.92 Å². The number of imide groups is 1. The van der Waals surface area contributed by atoms with Crippen molar-refractivity contribution < 1.29 is 23.9 Å². The van der Waals surface area contributed by atoms with Gasteiger partial charge in [0.05, 0.1) is 13.2 Å². The maximum absolute atomic E-state index is 12.3. The van der Waals surface area contributed by atoms with Crippen molar-refractivity contribution in [3.8, 4) is 0 Å². The van der Waals surface area contributed by atoms with Crippen LogP contribution < -0.4 is 0 Å². The van der Waals surface area contributed by atoms with Gasteiger partial charge in [0.2, 0.25) is 0 Å². The second-order valence-corrected chi connectivity index (χ2v) is 5.25. The van der Waals surface area contributed by atoms with Crippen molar-refractivity contribution in [3.63, 3.8) is 0 Å². The van der Waals surface area contributed by atoms with E-state index in [9.17, 15) is 9.59 Å². The Labute approximate surface area is 122 Å². The van der Waals surface area contributed by atoms with Crippen LogP contribution in [-0.4, -0.2) is 35.9 Å². The molecule has 1 aromatic carbocycles. The number of amides is 2. The summed E-state index contributed by atoms with van der Waals surface area (Å²) in [6.45, 7) is 2.72. The molecule has 0 saturated carbocycles. The highest BCUT2D eigenvalue weighted by molar-refractivity contribution is 6.02. The Bertz CT molecular complexity index is 538. The first-order valence-electron chi connectivity index (χ1n) is 6.92. The fraction of sp³-hybridized carbons (Fsp3) is 0.467. The van der Waals surface area contributed by atoms with Gasteiger partial charge in [-0.2, -0.15) is 5.06 Å². The van der Waals surface area contributed by atoms with Crippen molar-refractivity contribution in [2.75, 3.05) is 13.2 Å². The molecule has 112 valence electrons. The van der Waals surface area contributed by atoms with Gasteiger partial charge in [-0.25, -0.2) is 0 Å². The van der Waals surface area contributed by atoms with Gasteiger partial charge in [0.25, 0.3) is 11.8 Å². The number of carbonyl (C=O) groups excluding carboxylic acids is 2. The van der Waals surface area contributed by atoms with Gasteiger partial charge in [-0.1, -0.05) is 30.3 Å². The molecule has 21 heavy (non-hydrogen) atoms. The molecule has 2 fully saturated rings. The second kappa shape index (κ2) is 5.55. The molecule has 2 saturated heterocycles. The summed E-state index contributed by atoms with van der Waals surface area (Å²) in [5.41, 5.74) is 0.890. The molecule has 0 radical (unpaired) electrons. The topological polar surface area (TPSA) is 65.1 Å². The summed E-state index contributed by atoms with van der Waals surface area (Å²) in [5.74, 6) is -2.44. The average Bonchev–Trinajstić information content (AvgIpc) is 3.04. The largest absolute Gasteiger partial charge is 0.347 e. The van der Waals surface area contributed by atoms with Crippen LogP contribution in [0.25, 0.3) is 0 Å². The van der Waals surface area contributed by atoms with Crippen LogP contribution >= 0.6 is 0 Å². The molecule has 2 aliphatic rings. The lowest BCUT2D eigenvalue weighted by molar-refractivity contribution is -0.206. The highest BCUT2D eigenvalue weighted by Gasteiger charge is 2.53. The molecule has 0 spiro atoms. The van der Waals surface area contributed by atoms with Gasteiger partial charge in [0, 0.05) is 6.42 Å². The molecular formula is C15H17NO5. The molecular weight excluding hydrogens is 274 g/mol. The van der Waals surface area contributed by atoms with E-state index in [1.54, 1.807) is 6.92 Å². The molecule has 6 nitrogen and oxygen atoms in total. The normalized spacial score (nSPS) is 24.8. The number of nitrogens with zero attached hydrogens (tertiary/aromatic N) is 1. The van der Waals surface area contributed by atoms with Crippen molar-refractivity contribution in [1.29, 1.82) is 0 Å². The van der Waals surface area contributed by atoms with E-state index in [0.717, 1.165) is 10.6 Å². The highest BCUT2D eigenvalue weighted by atomic mass is 16.7. The third-order valence-electron chi connectivity index (χ3n) is 3.80. The number of hydrogen-bond acceptors (Lipinski definition) is 5. The predicted molar refractivity (Wildman–Crippen MR) is 71.5 cm³/mol. The number of hydrogen-bond donors (Lipinski definition) is 0. The van der Waals surface area contributed by atoms with Crippen LogP contribution in [0.5, 0.6) is 0 Å². The maximum Gasteiger partial charge on any atom is 0.262 e. The molecule has 2 heterocycles. The lowest BCUT2D eigenvalue weighted by Crippen LogP contribution is -2.41. The summed E-state index contributed by atoms with van der Waals surface area (Å²) in [7, 11) is 0. The Kier molecular flexibility index (Phi) is 3.75. The molecule has 3 rings (SSSR count). The SMILES string of the molecule is CC1(C2CC(=O)N(OCc3ccccc3)C2=O)OCCO1. The summed E-state index contributed by atoms with van der Waals surface area (Å²) < 4.78 is 11.0. The summed E-state index contributed by atoms with van der Waals surface area (Å²) in [5, 5.41) is 0.841. The average molecular weight is 291 g/mol. The summed E-state index contributed by atoms with van der Waals surface area (Å²) in [6.07, 6.45) is 0.0458. The van der Waals surface area contributed by atoms with E-state index in [2.05, 4.69) is 0 Å². The number of benzene rings is 1. The van der Waals surface area contributed by atoms with Crippen molar-refractivity contribution in [2.45, 2.75) is 25.7 Å². The minimum atomic E-state index is -1.03. The lowest BCUT2D eigenvalue weighted by Gasteiger charge is -2.27. The van der Waals surface area contributed by atoms with Crippen LogP contribution in [-0.2, 0) is 30.5 Å². The van der Waals surface area contributed by atoms with E-state index < -0.39 is 17.6 Å². The summed E-state index contributed by atoms with van der Waals surface area (Å²) in [4.78, 5) is 29.7. The number of hydroxylamine groups is 2. The smallest absolute Gasteiger partial charge is 0.262 e. The van der Waals surface area contributed by atoms with Crippen LogP contribution in [0.2, 0.25) is 0 Å². The monoisotopic (exact) mass is 291 g/mol. The van der Waals surface area contributed by atoms with Crippen molar-refractivity contribution in [3.05, 3.63) is 35.9 Å². The van der Waals surface area contributed by atoms with Gasteiger partial charge in [0.1, 0.15) is 12.5 Å².